The molecule has 1 aromatic carbocycles. The normalized spacial score (nSPS) is 10.0. The van der Waals surface area contributed by atoms with Crippen molar-refractivity contribution in [1.29, 1.82) is 0 Å². The molecule has 68 valence electrons. The lowest BCUT2D eigenvalue weighted by molar-refractivity contribution is -0.104. The van der Waals surface area contributed by atoms with Crippen LogP contribution in [0.3, 0.4) is 0 Å². The molecule has 0 spiro atoms. The molecule has 2 rings (SSSR count). The van der Waals surface area contributed by atoms with Crippen LogP contribution in [0.15, 0.2) is 30.7 Å². The van der Waals surface area contributed by atoms with Crippen molar-refractivity contribution in [2.24, 2.45) is 0 Å². The van der Waals surface area contributed by atoms with Gasteiger partial charge in [-0.1, -0.05) is 12.1 Å². The first kappa shape index (κ1) is 8.50. The second kappa shape index (κ2) is 3.33. The Kier molecular flexibility index (Phi) is 2.02. The number of hydrogen-bond donors (Lipinski definition) is 0. The molecule has 0 radical (unpaired) electrons. The zero-order valence-electron chi connectivity index (χ0n) is 7.18. The Bertz CT molecular complexity index is 508. The SMILES string of the molecule is O=CC(=O)c1ccc2cncnc2c1. The van der Waals surface area contributed by atoms with Crippen molar-refractivity contribution >= 4 is 23.0 Å². The molecule has 14 heavy (non-hydrogen) atoms. The molecule has 2 aromatic rings. The van der Waals surface area contributed by atoms with Crippen LogP contribution < -0.4 is 0 Å². The smallest absolute Gasteiger partial charge is 0.225 e. The van der Waals surface area contributed by atoms with E-state index < -0.39 is 5.78 Å². The lowest BCUT2D eigenvalue weighted by Gasteiger charge is -1.97. The van der Waals surface area contributed by atoms with Crippen molar-refractivity contribution in [2.75, 3.05) is 0 Å². The number of rotatable bonds is 2. The van der Waals surface area contributed by atoms with Gasteiger partial charge in [-0.15, -0.1) is 0 Å². The van der Waals surface area contributed by atoms with Gasteiger partial charge in [0.25, 0.3) is 0 Å². The molecule has 0 bridgehead atoms. The average molecular weight is 186 g/mol. The molecule has 0 aliphatic carbocycles. The van der Waals surface area contributed by atoms with Crippen molar-refractivity contribution in [1.82, 2.24) is 9.97 Å². The quantitative estimate of drug-likeness (QED) is 0.399. The van der Waals surface area contributed by atoms with Crippen LogP contribution in [0.1, 0.15) is 10.4 Å². The molecule has 0 saturated carbocycles. The first-order valence-electron chi connectivity index (χ1n) is 4.00. The van der Waals surface area contributed by atoms with Crippen LogP contribution in [0.2, 0.25) is 0 Å². The number of aromatic nitrogens is 2. The number of carbonyl (C=O) groups is 2. The molecular formula is C10H6N2O2. The molecule has 0 saturated heterocycles. The van der Waals surface area contributed by atoms with Gasteiger partial charge < -0.3 is 0 Å². The number of hydrogen-bond acceptors (Lipinski definition) is 4. The monoisotopic (exact) mass is 186 g/mol. The predicted molar refractivity (Wildman–Crippen MR) is 49.9 cm³/mol. The maximum atomic E-state index is 11.0. The number of carbonyl (C=O) groups excluding carboxylic acids is 2. The van der Waals surface area contributed by atoms with E-state index in [-0.39, 0.29) is 0 Å². The molecule has 0 amide bonds. The second-order valence-electron chi connectivity index (χ2n) is 2.78. The van der Waals surface area contributed by atoms with Gasteiger partial charge in [-0.25, -0.2) is 9.97 Å². The Morgan fingerprint density at radius 3 is 3.00 bits per heavy atom. The zero-order chi connectivity index (χ0) is 9.97. The Hall–Kier alpha value is -2.10. The van der Waals surface area contributed by atoms with Gasteiger partial charge in [0.1, 0.15) is 6.33 Å². The minimum atomic E-state index is -0.537. The Balaban J connectivity index is 2.62. The fraction of sp³-hybridized carbons (Fsp3) is 0. The fourth-order valence-electron chi connectivity index (χ4n) is 1.20. The third-order valence-electron chi connectivity index (χ3n) is 1.90. The van der Waals surface area contributed by atoms with Gasteiger partial charge in [0.2, 0.25) is 5.78 Å². The lowest BCUT2D eigenvalue weighted by Crippen LogP contribution is -1.99. The van der Waals surface area contributed by atoms with E-state index in [0.717, 1.165) is 5.39 Å². The molecule has 0 N–H and O–H groups in total. The number of ketones is 1. The largest absolute Gasteiger partial charge is 0.294 e. The molecule has 0 aliphatic rings. The van der Waals surface area contributed by atoms with Gasteiger partial charge in [-0.05, 0) is 6.07 Å². The summed E-state index contributed by atoms with van der Waals surface area (Å²) in [6, 6.07) is 4.88. The Labute approximate surface area is 79.6 Å². The summed E-state index contributed by atoms with van der Waals surface area (Å²) in [5.41, 5.74) is 1.01. The van der Waals surface area contributed by atoms with E-state index in [1.54, 1.807) is 24.4 Å². The topological polar surface area (TPSA) is 59.9 Å². The first-order chi connectivity index (χ1) is 6.81. The number of benzene rings is 1. The van der Waals surface area contributed by atoms with E-state index in [1.807, 2.05) is 0 Å². The van der Waals surface area contributed by atoms with Crippen LogP contribution in [0.4, 0.5) is 0 Å². The maximum absolute atomic E-state index is 11.0. The summed E-state index contributed by atoms with van der Waals surface area (Å²) < 4.78 is 0. The standard InChI is InChI=1S/C10H6N2O2/c13-5-10(14)7-1-2-8-4-11-6-12-9(8)3-7/h1-6H. The highest BCUT2D eigenvalue weighted by molar-refractivity contribution is 6.33. The average Bonchev–Trinajstić information content (AvgIpc) is 2.27. The molecule has 0 atom stereocenters. The van der Waals surface area contributed by atoms with Crippen molar-refractivity contribution in [3.8, 4) is 0 Å². The minimum Gasteiger partial charge on any atom is -0.294 e. The number of aldehydes is 1. The van der Waals surface area contributed by atoms with E-state index in [4.69, 9.17) is 0 Å². The highest BCUT2D eigenvalue weighted by atomic mass is 16.2. The van der Waals surface area contributed by atoms with Gasteiger partial charge in [0.05, 0.1) is 5.52 Å². The number of fused-ring (bicyclic) bond motifs is 1. The predicted octanol–water partition coefficient (Wildman–Crippen LogP) is 1.01. The summed E-state index contributed by atoms with van der Waals surface area (Å²) >= 11 is 0. The van der Waals surface area contributed by atoms with Crippen LogP contribution in [-0.4, -0.2) is 22.0 Å². The highest BCUT2D eigenvalue weighted by Crippen LogP contribution is 2.11. The summed E-state index contributed by atoms with van der Waals surface area (Å²) in [6.45, 7) is 0. The first-order valence-corrected chi connectivity index (χ1v) is 4.00. The summed E-state index contributed by atoms with van der Waals surface area (Å²) in [6.07, 6.45) is 3.34. The van der Waals surface area contributed by atoms with E-state index in [9.17, 15) is 9.59 Å². The number of Topliss-reactive ketones (excluding diaryl/α,β-unsaturated/α-hetero) is 1. The van der Waals surface area contributed by atoms with Crippen LogP contribution in [0.5, 0.6) is 0 Å². The van der Waals surface area contributed by atoms with Gasteiger partial charge in [-0.3, -0.25) is 9.59 Å². The fourth-order valence-corrected chi connectivity index (χ4v) is 1.20. The van der Waals surface area contributed by atoms with Crippen LogP contribution in [-0.2, 0) is 4.79 Å². The lowest BCUT2D eigenvalue weighted by atomic mass is 10.1. The molecule has 1 heterocycles. The summed E-state index contributed by atoms with van der Waals surface area (Å²) in [4.78, 5) is 29.1. The minimum absolute atomic E-state index is 0.294. The van der Waals surface area contributed by atoms with E-state index in [0.29, 0.717) is 17.4 Å². The van der Waals surface area contributed by atoms with Crippen molar-refractivity contribution < 1.29 is 9.59 Å². The summed E-state index contributed by atoms with van der Waals surface area (Å²) in [5, 5.41) is 0.843. The second-order valence-corrected chi connectivity index (χ2v) is 2.78. The van der Waals surface area contributed by atoms with E-state index in [1.165, 1.54) is 6.33 Å². The van der Waals surface area contributed by atoms with Gasteiger partial charge in [-0.2, -0.15) is 0 Å². The maximum Gasteiger partial charge on any atom is 0.225 e. The van der Waals surface area contributed by atoms with Gasteiger partial charge in [0, 0.05) is 17.1 Å². The molecular weight excluding hydrogens is 180 g/mol. The molecule has 1 aromatic heterocycles. The van der Waals surface area contributed by atoms with E-state index >= 15 is 0 Å². The zero-order valence-corrected chi connectivity index (χ0v) is 7.18. The molecule has 0 aliphatic heterocycles. The third kappa shape index (κ3) is 1.37. The molecule has 0 unspecified atom stereocenters. The van der Waals surface area contributed by atoms with Crippen LogP contribution in [0.25, 0.3) is 10.9 Å². The molecule has 0 fully saturated rings. The summed E-state index contributed by atoms with van der Waals surface area (Å²) in [7, 11) is 0. The van der Waals surface area contributed by atoms with Crippen LogP contribution >= 0.6 is 0 Å². The van der Waals surface area contributed by atoms with Gasteiger partial charge >= 0.3 is 0 Å². The van der Waals surface area contributed by atoms with Crippen LogP contribution in [0, 0.1) is 0 Å². The number of nitrogens with zero attached hydrogens (tertiary/aromatic N) is 2. The molecule has 4 nitrogen and oxygen atoms in total. The summed E-state index contributed by atoms with van der Waals surface area (Å²) in [5.74, 6) is -0.537. The third-order valence-corrected chi connectivity index (χ3v) is 1.90. The van der Waals surface area contributed by atoms with Crippen molar-refractivity contribution in [2.45, 2.75) is 0 Å². The Morgan fingerprint density at radius 1 is 1.36 bits per heavy atom. The van der Waals surface area contributed by atoms with Crippen molar-refractivity contribution in [3.63, 3.8) is 0 Å². The highest BCUT2D eigenvalue weighted by Gasteiger charge is 2.04. The Morgan fingerprint density at radius 2 is 2.21 bits per heavy atom. The van der Waals surface area contributed by atoms with E-state index in [2.05, 4.69) is 9.97 Å². The molecule has 4 heteroatoms. The van der Waals surface area contributed by atoms with Gasteiger partial charge in [0.15, 0.2) is 6.29 Å². The van der Waals surface area contributed by atoms with Crippen molar-refractivity contribution in [3.05, 3.63) is 36.3 Å².